The second kappa shape index (κ2) is 8.39. The van der Waals surface area contributed by atoms with Gasteiger partial charge in [-0.3, -0.25) is 9.47 Å². The molecule has 4 rings (SSSR count). The van der Waals surface area contributed by atoms with Gasteiger partial charge >= 0.3 is 5.76 Å². The lowest BCUT2D eigenvalue weighted by Gasteiger charge is -2.36. The standard InChI is InChI=1S/C22H26FN3O3/c1-24-19-9-4-16(15-21(19)29-22(24)28)20(27)3-2-10-25-11-13-26(14-12-25)18-7-5-17(23)6-8-18/h4-9,15,20,27H,2-3,10-14H2,1H3. The van der Waals surface area contributed by atoms with E-state index in [1.54, 1.807) is 13.1 Å². The van der Waals surface area contributed by atoms with E-state index in [1.807, 2.05) is 24.3 Å². The van der Waals surface area contributed by atoms with Gasteiger partial charge in [0.15, 0.2) is 5.58 Å². The number of anilines is 1. The first-order chi connectivity index (χ1) is 14.0. The van der Waals surface area contributed by atoms with Crippen LogP contribution in [0.5, 0.6) is 0 Å². The summed E-state index contributed by atoms with van der Waals surface area (Å²) < 4.78 is 19.7. The Labute approximate surface area is 168 Å². The molecule has 1 atom stereocenters. The second-order valence-corrected chi connectivity index (χ2v) is 7.62. The van der Waals surface area contributed by atoms with E-state index in [2.05, 4.69) is 9.80 Å². The van der Waals surface area contributed by atoms with Crippen molar-refractivity contribution < 1.29 is 13.9 Å². The van der Waals surface area contributed by atoms with E-state index in [-0.39, 0.29) is 5.82 Å². The van der Waals surface area contributed by atoms with Crippen LogP contribution in [0, 0.1) is 5.82 Å². The Morgan fingerprint density at radius 1 is 1.10 bits per heavy atom. The Kier molecular flexibility index (Phi) is 5.69. The predicted molar refractivity (Wildman–Crippen MR) is 111 cm³/mol. The van der Waals surface area contributed by atoms with E-state index in [0.29, 0.717) is 12.0 Å². The first-order valence-corrected chi connectivity index (χ1v) is 10.0. The number of aliphatic hydroxyl groups excluding tert-OH is 1. The molecular formula is C22H26FN3O3. The number of benzene rings is 2. The van der Waals surface area contributed by atoms with Crippen LogP contribution >= 0.6 is 0 Å². The minimum Gasteiger partial charge on any atom is -0.408 e. The Morgan fingerprint density at radius 2 is 1.83 bits per heavy atom. The van der Waals surface area contributed by atoms with Crippen LogP contribution in [0.3, 0.4) is 0 Å². The second-order valence-electron chi connectivity index (χ2n) is 7.62. The molecule has 1 fully saturated rings. The van der Waals surface area contributed by atoms with Crippen molar-refractivity contribution in [2.24, 2.45) is 7.05 Å². The van der Waals surface area contributed by atoms with Crippen LogP contribution in [0.15, 0.2) is 51.7 Å². The van der Waals surface area contributed by atoms with Gasteiger partial charge in [0.25, 0.3) is 0 Å². The quantitative estimate of drug-likeness (QED) is 0.691. The smallest absolute Gasteiger partial charge is 0.408 e. The van der Waals surface area contributed by atoms with E-state index >= 15 is 0 Å². The number of aliphatic hydroxyl groups is 1. The number of aryl methyl sites for hydroxylation is 1. The Bertz CT molecular complexity index is 1020. The minimum absolute atomic E-state index is 0.209. The predicted octanol–water partition coefficient (Wildman–Crippen LogP) is 2.91. The molecule has 0 aliphatic carbocycles. The van der Waals surface area contributed by atoms with Gasteiger partial charge in [0.1, 0.15) is 5.82 Å². The van der Waals surface area contributed by atoms with Gasteiger partial charge in [0, 0.05) is 38.9 Å². The van der Waals surface area contributed by atoms with Crippen LogP contribution in [-0.4, -0.2) is 47.3 Å². The number of rotatable bonds is 6. The third-order valence-electron chi connectivity index (χ3n) is 5.72. The number of fused-ring (bicyclic) bond motifs is 1. The van der Waals surface area contributed by atoms with E-state index < -0.39 is 11.9 Å². The highest BCUT2D eigenvalue weighted by Crippen LogP contribution is 2.23. The first-order valence-electron chi connectivity index (χ1n) is 10.0. The molecule has 7 heteroatoms. The lowest BCUT2D eigenvalue weighted by atomic mass is 10.0. The van der Waals surface area contributed by atoms with Crippen molar-refractivity contribution in [2.45, 2.75) is 18.9 Å². The highest BCUT2D eigenvalue weighted by atomic mass is 19.1. The summed E-state index contributed by atoms with van der Waals surface area (Å²) in [5.41, 5.74) is 3.06. The molecule has 1 aromatic heterocycles. The Balaban J connectivity index is 1.25. The zero-order chi connectivity index (χ0) is 20.4. The van der Waals surface area contributed by atoms with Gasteiger partial charge in [-0.25, -0.2) is 9.18 Å². The molecule has 1 saturated heterocycles. The summed E-state index contributed by atoms with van der Waals surface area (Å²) in [5.74, 6) is -0.606. The average molecular weight is 399 g/mol. The maximum atomic E-state index is 13.1. The molecule has 1 unspecified atom stereocenters. The molecular weight excluding hydrogens is 373 g/mol. The molecule has 1 aliphatic heterocycles. The van der Waals surface area contributed by atoms with Crippen molar-refractivity contribution in [2.75, 3.05) is 37.6 Å². The Morgan fingerprint density at radius 3 is 2.55 bits per heavy atom. The molecule has 0 saturated carbocycles. The largest absolute Gasteiger partial charge is 0.419 e. The highest BCUT2D eigenvalue weighted by Gasteiger charge is 2.18. The molecule has 29 heavy (non-hydrogen) atoms. The van der Waals surface area contributed by atoms with Crippen LogP contribution in [0.1, 0.15) is 24.5 Å². The lowest BCUT2D eigenvalue weighted by Crippen LogP contribution is -2.46. The molecule has 1 aliphatic rings. The van der Waals surface area contributed by atoms with Gasteiger partial charge in [0.05, 0.1) is 11.6 Å². The molecule has 2 heterocycles. The van der Waals surface area contributed by atoms with Gasteiger partial charge in [-0.1, -0.05) is 6.07 Å². The fourth-order valence-electron chi connectivity index (χ4n) is 3.91. The van der Waals surface area contributed by atoms with Gasteiger partial charge < -0.3 is 14.4 Å². The van der Waals surface area contributed by atoms with E-state index in [1.165, 1.54) is 16.7 Å². The summed E-state index contributed by atoms with van der Waals surface area (Å²) in [7, 11) is 1.67. The molecule has 2 aromatic carbocycles. The van der Waals surface area contributed by atoms with E-state index in [9.17, 15) is 14.3 Å². The average Bonchev–Trinajstić information content (AvgIpc) is 3.02. The highest BCUT2D eigenvalue weighted by molar-refractivity contribution is 5.73. The van der Waals surface area contributed by atoms with Gasteiger partial charge in [-0.2, -0.15) is 0 Å². The molecule has 0 bridgehead atoms. The number of hydrogen-bond donors (Lipinski definition) is 1. The van der Waals surface area contributed by atoms with Crippen molar-refractivity contribution in [1.29, 1.82) is 0 Å². The summed E-state index contributed by atoms with van der Waals surface area (Å²) in [6, 6.07) is 12.1. The monoisotopic (exact) mass is 399 g/mol. The normalized spacial score (nSPS) is 16.4. The Hall–Kier alpha value is -2.64. The number of hydrogen-bond acceptors (Lipinski definition) is 5. The summed E-state index contributed by atoms with van der Waals surface area (Å²) in [6.07, 6.45) is 0.959. The molecule has 6 nitrogen and oxygen atoms in total. The van der Waals surface area contributed by atoms with E-state index in [4.69, 9.17) is 4.42 Å². The molecule has 3 aromatic rings. The van der Waals surface area contributed by atoms with Crippen LogP contribution < -0.4 is 10.7 Å². The topological polar surface area (TPSA) is 61.9 Å². The zero-order valence-corrected chi connectivity index (χ0v) is 16.6. The fraction of sp³-hybridized carbons (Fsp3) is 0.409. The van der Waals surface area contributed by atoms with Crippen molar-refractivity contribution in [3.05, 3.63) is 64.4 Å². The van der Waals surface area contributed by atoms with Crippen molar-refractivity contribution in [3.8, 4) is 0 Å². The van der Waals surface area contributed by atoms with Gasteiger partial charge in [-0.05, 0) is 61.3 Å². The number of oxazole rings is 1. The van der Waals surface area contributed by atoms with Crippen molar-refractivity contribution in [3.63, 3.8) is 0 Å². The van der Waals surface area contributed by atoms with Gasteiger partial charge in [-0.15, -0.1) is 0 Å². The summed E-state index contributed by atoms with van der Waals surface area (Å²) in [4.78, 5) is 16.3. The van der Waals surface area contributed by atoms with Gasteiger partial charge in [0.2, 0.25) is 0 Å². The number of piperazine rings is 1. The third kappa shape index (κ3) is 4.36. The maximum Gasteiger partial charge on any atom is 0.419 e. The summed E-state index contributed by atoms with van der Waals surface area (Å²) in [5, 5.41) is 10.5. The number of aromatic nitrogens is 1. The summed E-state index contributed by atoms with van der Waals surface area (Å²) >= 11 is 0. The van der Waals surface area contributed by atoms with Crippen molar-refractivity contribution in [1.82, 2.24) is 9.47 Å². The zero-order valence-electron chi connectivity index (χ0n) is 16.6. The van der Waals surface area contributed by atoms with Crippen LogP contribution in [-0.2, 0) is 7.05 Å². The molecule has 154 valence electrons. The van der Waals surface area contributed by atoms with E-state index in [0.717, 1.165) is 55.9 Å². The number of halogens is 1. The maximum absolute atomic E-state index is 13.1. The molecule has 0 radical (unpaired) electrons. The first kappa shape index (κ1) is 19.7. The van der Waals surface area contributed by atoms with Crippen LogP contribution in [0.2, 0.25) is 0 Å². The number of nitrogens with zero attached hydrogens (tertiary/aromatic N) is 3. The van der Waals surface area contributed by atoms with Crippen LogP contribution in [0.25, 0.3) is 11.1 Å². The van der Waals surface area contributed by atoms with Crippen LogP contribution in [0.4, 0.5) is 10.1 Å². The third-order valence-corrected chi connectivity index (χ3v) is 5.72. The van der Waals surface area contributed by atoms with Crippen molar-refractivity contribution >= 4 is 16.8 Å². The molecule has 0 amide bonds. The summed E-state index contributed by atoms with van der Waals surface area (Å²) in [6.45, 7) is 4.66. The molecule has 1 N–H and O–H groups in total. The fourth-order valence-corrected chi connectivity index (χ4v) is 3.91. The lowest BCUT2D eigenvalue weighted by molar-refractivity contribution is 0.154. The SMILES string of the molecule is Cn1c(=O)oc2cc(C(O)CCCN3CCN(c4ccc(F)cc4)CC3)ccc21. The minimum atomic E-state index is -0.578. The molecule has 0 spiro atoms.